The largest absolute Gasteiger partial charge is 0.271 e. The molecular formula is C24H30N4O2. The van der Waals surface area contributed by atoms with Crippen molar-refractivity contribution in [3.63, 3.8) is 0 Å². The van der Waals surface area contributed by atoms with Crippen molar-refractivity contribution in [3.8, 4) is 0 Å². The van der Waals surface area contributed by atoms with Gasteiger partial charge in [0.25, 0.3) is 11.8 Å². The summed E-state index contributed by atoms with van der Waals surface area (Å²) >= 11 is 0. The van der Waals surface area contributed by atoms with Crippen LogP contribution in [0, 0.1) is 5.92 Å². The van der Waals surface area contributed by atoms with Crippen LogP contribution < -0.4 is 10.9 Å². The highest BCUT2D eigenvalue weighted by Gasteiger charge is 2.13. The van der Waals surface area contributed by atoms with Gasteiger partial charge < -0.3 is 0 Å². The van der Waals surface area contributed by atoms with E-state index >= 15 is 0 Å². The monoisotopic (exact) mass is 406 g/mol. The van der Waals surface area contributed by atoms with Crippen molar-refractivity contribution in [2.75, 3.05) is 0 Å². The molecule has 158 valence electrons. The van der Waals surface area contributed by atoms with Crippen LogP contribution in [0.25, 0.3) is 0 Å². The van der Waals surface area contributed by atoms with E-state index in [0.29, 0.717) is 24.0 Å². The summed E-state index contributed by atoms with van der Waals surface area (Å²) in [5.41, 5.74) is 8.17. The fourth-order valence-corrected chi connectivity index (χ4v) is 2.85. The molecule has 2 N–H and O–H groups in total. The summed E-state index contributed by atoms with van der Waals surface area (Å²) in [6.07, 6.45) is 6.45. The summed E-state index contributed by atoms with van der Waals surface area (Å²) in [6.45, 7) is 6.04. The molecule has 0 unspecified atom stereocenters. The summed E-state index contributed by atoms with van der Waals surface area (Å²) in [5, 5.41) is 7.98. The van der Waals surface area contributed by atoms with Gasteiger partial charge in [-0.15, -0.1) is 0 Å². The van der Waals surface area contributed by atoms with Crippen LogP contribution in [0.4, 0.5) is 0 Å². The Morgan fingerprint density at radius 3 is 1.87 bits per heavy atom. The van der Waals surface area contributed by atoms with Crippen LogP contribution in [-0.4, -0.2) is 24.2 Å². The van der Waals surface area contributed by atoms with Crippen LogP contribution in [-0.2, 0) is 12.8 Å². The zero-order chi connectivity index (χ0) is 21.8. The maximum atomic E-state index is 12.5. The molecule has 0 aliphatic heterocycles. The molecule has 6 nitrogen and oxygen atoms in total. The summed E-state index contributed by atoms with van der Waals surface area (Å²) in [5.74, 6) is -0.208. The minimum atomic E-state index is -0.237. The smallest absolute Gasteiger partial charge is 0.267 e. The number of benzene rings is 2. The summed E-state index contributed by atoms with van der Waals surface area (Å²) < 4.78 is 0. The lowest BCUT2D eigenvalue weighted by Crippen LogP contribution is -2.21. The Morgan fingerprint density at radius 2 is 1.37 bits per heavy atom. The Labute approximate surface area is 178 Å². The van der Waals surface area contributed by atoms with Crippen molar-refractivity contribution < 1.29 is 9.59 Å². The Kier molecular flexibility index (Phi) is 9.45. The highest BCUT2D eigenvalue weighted by atomic mass is 16.2. The first kappa shape index (κ1) is 23.0. The van der Waals surface area contributed by atoms with Gasteiger partial charge in [-0.3, -0.25) is 9.59 Å². The van der Waals surface area contributed by atoms with Gasteiger partial charge >= 0.3 is 0 Å². The molecule has 0 aliphatic rings. The van der Waals surface area contributed by atoms with Crippen LogP contribution in [0.2, 0.25) is 0 Å². The second-order valence-corrected chi connectivity index (χ2v) is 7.32. The maximum absolute atomic E-state index is 12.5. The first-order chi connectivity index (χ1) is 14.5. The van der Waals surface area contributed by atoms with Gasteiger partial charge in [0.1, 0.15) is 0 Å². The van der Waals surface area contributed by atoms with Gasteiger partial charge in [-0.2, -0.15) is 10.2 Å². The highest BCUT2D eigenvalue weighted by Crippen LogP contribution is 2.16. The lowest BCUT2D eigenvalue weighted by molar-refractivity contribution is 0.0945. The number of nitrogens with one attached hydrogen (secondary N) is 2. The van der Waals surface area contributed by atoms with Gasteiger partial charge in [0.05, 0.1) is 0 Å². The van der Waals surface area contributed by atoms with E-state index in [9.17, 15) is 9.59 Å². The molecule has 0 spiro atoms. The Hall–Kier alpha value is -3.28. The first-order valence-electron chi connectivity index (χ1n) is 10.3. The quantitative estimate of drug-likeness (QED) is 0.454. The minimum Gasteiger partial charge on any atom is -0.267 e. The molecule has 2 aromatic carbocycles. The van der Waals surface area contributed by atoms with Crippen molar-refractivity contribution in [2.24, 2.45) is 16.1 Å². The predicted molar refractivity (Wildman–Crippen MR) is 122 cm³/mol. The zero-order valence-corrected chi connectivity index (χ0v) is 17.9. The molecule has 0 fully saturated rings. The van der Waals surface area contributed by atoms with Gasteiger partial charge in [0, 0.05) is 23.6 Å². The van der Waals surface area contributed by atoms with Gasteiger partial charge in [0.2, 0.25) is 0 Å². The fraction of sp³-hybridized carbons (Fsp3) is 0.333. The maximum Gasteiger partial charge on any atom is 0.271 e. The average Bonchev–Trinajstić information content (AvgIpc) is 2.75. The molecule has 0 aromatic heterocycles. The first-order valence-corrected chi connectivity index (χ1v) is 10.3. The molecule has 2 aromatic rings. The Bertz CT molecular complexity index is 904. The molecule has 0 atom stereocenters. The number of amides is 2. The van der Waals surface area contributed by atoms with Crippen LogP contribution in [0.1, 0.15) is 65.5 Å². The standard InChI is InChI=1S/C24H30N4O2/c1-4-5-16-25-27-23(29)21-12-8-6-10-19(21)14-15-20-11-7-9-13-22(20)24(30)28-26-17-18(2)3/h6-13,16-18H,4-5,14-15H2,1-3H3,(H,27,29)(H,28,30)/b25-16+,26-17+. The number of carbonyl (C=O) groups is 2. The van der Waals surface area contributed by atoms with Gasteiger partial charge in [-0.1, -0.05) is 63.6 Å². The highest BCUT2D eigenvalue weighted by molar-refractivity contribution is 5.96. The normalized spacial score (nSPS) is 11.3. The van der Waals surface area contributed by atoms with Crippen LogP contribution in [0.5, 0.6) is 0 Å². The number of unbranched alkanes of at least 4 members (excludes halogenated alkanes) is 1. The van der Waals surface area contributed by atoms with E-state index in [1.165, 1.54) is 0 Å². The topological polar surface area (TPSA) is 82.9 Å². The van der Waals surface area contributed by atoms with E-state index in [-0.39, 0.29) is 17.7 Å². The van der Waals surface area contributed by atoms with E-state index in [4.69, 9.17) is 0 Å². The minimum absolute atomic E-state index is 0.230. The van der Waals surface area contributed by atoms with Crippen LogP contribution in [0.3, 0.4) is 0 Å². The number of rotatable bonds is 10. The number of hydrogen-bond donors (Lipinski definition) is 2. The number of hydrazone groups is 2. The van der Waals surface area contributed by atoms with E-state index in [1.54, 1.807) is 24.6 Å². The third-order valence-corrected chi connectivity index (χ3v) is 4.40. The molecule has 0 saturated heterocycles. The molecule has 0 heterocycles. The number of carbonyl (C=O) groups excluding carboxylic acids is 2. The van der Waals surface area contributed by atoms with Crippen molar-refractivity contribution in [3.05, 3.63) is 70.8 Å². The third kappa shape index (κ3) is 7.28. The predicted octanol–water partition coefficient (Wildman–Crippen LogP) is 4.36. The average molecular weight is 407 g/mol. The summed E-state index contributed by atoms with van der Waals surface area (Å²) in [7, 11) is 0. The lowest BCUT2D eigenvalue weighted by Gasteiger charge is -2.11. The molecule has 2 amide bonds. The summed E-state index contributed by atoms with van der Waals surface area (Å²) in [6, 6.07) is 14.9. The zero-order valence-electron chi connectivity index (χ0n) is 17.9. The molecule has 0 aliphatic carbocycles. The molecule has 0 saturated carbocycles. The van der Waals surface area contributed by atoms with Gasteiger partial charge in [-0.25, -0.2) is 10.9 Å². The van der Waals surface area contributed by atoms with Gasteiger partial charge in [0.15, 0.2) is 0 Å². The van der Waals surface area contributed by atoms with E-state index < -0.39 is 0 Å². The molecule has 30 heavy (non-hydrogen) atoms. The SMILES string of the molecule is CCC/C=N/NC(=O)c1ccccc1CCc1ccccc1C(=O)N/N=C/C(C)C. The molecule has 0 bridgehead atoms. The molecule has 6 heteroatoms. The lowest BCUT2D eigenvalue weighted by atomic mass is 9.96. The molecule has 2 rings (SSSR count). The van der Waals surface area contributed by atoms with Gasteiger partial charge in [-0.05, 0) is 48.4 Å². The van der Waals surface area contributed by atoms with E-state index in [0.717, 1.165) is 24.0 Å². The van der Waals surface area contributed by atoms with Crippen LogP contribution in [0.15, 0.2) is 58.7 Å². The van der Waals surface area contributed by atoms with Crippen molar-refractivity contribution in [1.29, 1.82) is 0 Å². The molecule has 0 radical (unpaired) electrons. The second-order valence-electron chi connectivity index (χ2n) is 7.32. The van der Waals surface area contributed by atoms with E-state index in [2.05, 4.69) is 28.0 Å². The summed E-state index contributed by atoms with van der Waals surface area (Å²) in [4.78, 5) is 25.0. The number of nitrogens with zero attached hydrogens (tertiary/aromatic N) is 2. The van der Waals surface area contributed by atoms with Crippen LogP contribution >= 0.6 is 0 Å². The Morgan fingerprint density at radius 1 is 0.867 bits per heavy atom. The number of hydrogen-bond acceptors (Lipinski definition) is 4. The van der Waals surface area contributed by atoms with E-state index in [1.807, 2.05) is 50.2 Å². The van der Waals surface area contributed by atoms with Crippen molar-refractivity contribution in [2.45, 2.75) is 46.5 Å². The fourth-order valence-electron chi connectivity index (χ4n) is 2.85. The Balaban J connectivity index is 2.09. The number of aryl methyl sites for hydroxylation is 2. The second kappa shape index (κ2) is 12.3. The third-order valence-electron chi connectivity index (χ3n) is 4.40. The molecular weight excluding hydrogens is 376 g/mol. The van der Waals surface area contributed by atoms with Crippen molar-refractivity contribution >= 4 is 24.2 Å². The van der Waals surface area contributed by atoms with Crippen molar-refractivity contribution in [1.82, 2.24) is 10.9 Å².